The number of nitrogens with two attached hydrogens (primary N) is 1. The minimum atomic E-state index is -3.17. The van der Waals surface area contributed by atoms with Gasteiger partial charge in [-0.2, -0.15) is 0 Å². The Morgan fingerprint density at radius 1 is 1.48 bits per heavy atom. The van der Waals surface area contributed by atoms with Crippen molar-refractivity contribution in [3.05, 3.63) is 33.9 Å². The number of nitrogens with zero attached hydrogens (tertiary/aromatic N) is 1. The van der Waals surface area contributed by atoms with Crippen molar-refractivity contribution in [1.29, 1.82) is 0 Å². The second-order valence-electron chi connectivity index (χ2n) is 4.87. The third kappa shape index (κ3) is 3.30. The summed E-state index contributed by atoms with van der Waals surface area (Å²) in [5.41, 5.74) is 5.21. The van der Waals surface area contributed by atoms with Crippen LogP contribution in [0.5, 0.6) is 0 Å². The third-order valence-corrected chi connectivity index (χ3v) is 5.69. The highest BCUT2D eigenvalue weighted by Gasteiger charge is 2.32. The first kappa shape index (κ1) is 15.2. The maximum atomic E-state index is 12.0. The van der Waals surface area contributed by atoms with Crippen LogP contribution in [-0.2, 0) is 9.84 Å². The van der Waals surface area contributed by atoms with E-state index in [1.165, 1.54) is 12.1 Å². The monoisotopic (exact) mass is 313 g/mol. The van der Waals surface area contributed by atoms with Crippen molar-refractivity contribution in [3.8, 4) is 0 Å². The molecule has 21 heavy (non-hydrogen) atoms. The summed E-state index contributed by atoms with van der Waals surface area (Å²) < 4.78 is 23.3. The Balaban J connectivity index is 2.14. The molecule has 1 fully saturated rings. The molecule has 0 saturated carbocycles. The molecule has 9 heteroatoms. The number of nitro groups is 1. The smallest absolute Gasteiger partial charge is 0.282 e. The van der Waals surface area contributed by atoms with E-state index in [9.17, 15) is 23.3 Å². The number of amides is 1. The summed E-state index contributed by atoms with van der Waals surface area (Å²) in [6.07, 6.45) is 1.06. The second kappa shape index (κ2) is 5.68. The summed E-state index contributed by atoms with van der Waals surface area (Å²) in [4.78, 5) is 22.2. The quantitative estimate of drug-likeness (QED) is 0.472. The van der Waals surface area contributed by atoms with Gasteiger partial charge in [0.2, 0.25) is 0 Å². The van der Waals surface area contributed by atoms with E-state index >= 15 is 0 Å². The Labute approximate surface area is 121 Å². The molecular weight excluding hydrogens is 298 g/mol. The Morgan fingerprint density at radius 3 is 2.76 bits per heavy atom. The lowest BCUT2D eigenvalue weighted by molar-refractivity contribution is -0.385. The molecule has 0 spiro atoms. The first-order valence-electron chi connectivity index (χ1n) is 6.35. The van der Waals surface area contributed by atoms with Crippen molar-refractivity contribution >= 4 is 27.1 Å². The van der Waals surface area contributed by atoms with Crippen LogP contribution < -0.4 is 11.1 Å². The molecule has 0 bridgehead atoms. The van der Waals surface area contributed by atoms with Gasteiger partial charge >= 0.3 is 0 Å². The fourth-order valence-electron chi connectivity index (χ4n) is 2.28. The lowest BCUT2D eigenvalue weighted by atomic mass is 10.1. The number of carbonyl (C=O) groups excluding carboxylic acids is 1. The predicted octanol–water partition coefficient (Wildman–Crippen LogP) is 0.484. The van der Waals surface area contributed by atoms with Gasteiger partial charge in [0.25, 0.3) is 11.6 Å². The van der Waals surface area contributed by atoms with E-state index in [1.807, 2.05) is 0 Å². The van der Waals surface area contributed by atoms with Crippen molar-refractivity contribution in [2.24, 2.45) is 0 Å². The Morgan fingerprint density at radius 2 is 2.19 bits per heavy atom. The van der Waals surface area contributed by atoms with Crippen LogP contribution in [0.2, 0.25) is 0 Å². The van der Waals surface area contributed by atoms with Crippen LogP contribution in [0.15, 0.2) is 18.2 Å². The van der Waals surface area contributed by atoms with E-state index < -0.39 is 25.9 Å². The minimum absolute atomic E-state index is 0.0485. The second-order valence-corrected chi connectivity index (χ2v) is 7.28. The van der Waals surface area contributed by atoms with Gasteiger partial charge in [-0.1, -0.05) is 0 Å². The zero-order valence-corrected chi connectivity index (χ0v) is 11.9. The molecule has 1 aromatic rings. The molecule has 1 aliphatic rings. The van der Waals surface area contributed by atoms with E-state index in [0.717, 1.165) is 6.07 Å². The SMILES string of the molecule is Nc1ccc([N+](=O)[O-])c(C(=O)NCC2CCCS2(=O)=O)c1. The van der Waals surface area contributed by atoms with Gasteiger partial charge in [-0.15, -0.1) is 0 Å². The summed E-state index contributed by atoms with van der Waals surface area (Å²) in [6.45, 7) is -0.0485. The molecule has 1 amide bonds. The van der Waals surface area contributed by atoms with Gasteiger partial charge in [-0.05, 0) is 25.0 Å². The molecule has 1 saturated heterocycles. The maximum absolute atomic E-state index is 12.0. The molecule has 8 nitrogen and oxygen atoms in total. The summed E-state index contributed by atoms with van der Waals surface area (Å²) in [5, 5.41) is 12.7. The number of anilines is 1. The van der Waals surface area contributed by atoms with Crippen LogP contribution in [0, 0.1) is 10.1 Å². The molecule has 2 rings (SSSR count). The van der Waals surface area contributed by atoms with Crippen LogP contribution in [0.1, 0.15) is 23.2 Å². The Bertz CT molecular complexity index is 686. The lowest BCUT2D eigenvalue weighted by Crippen LogP contribution is -2.34. The number of sulfone groups is 1. The van der Waals surface area contributed by atoms with Gasteiger partial charge in [0.15, 0.2) is 9.84 Å². The molecule has 1 atom stereocenters. The topological polar surface area (TPSA) is 132 Å². The fraction of sp³-hybridized carbons (Fsp3) is 0.417. The number of hydrogen-bond acceptors (Lipinski definition) is 6. The number of hydrogen-bond donors (Lipinski definition) is 2. The van der Waals surface area contributed by atoms with Gasteiger partial charge < -0.3 is 11.1 Å². The average Bonchev–Trinajstić information content (AvgIpc) is 2.74. The van der Waals surface area contributed by atoms with Crippen LogP contribution in [-0.4, -0.2) is 36.8 Å². The van der Waals surface area contributed by atoms with E-state index in [2.05, 4.69) is 5.32 Å². The number of rotatable bonds is 4. The molecule has 0 radical (unpaired) electrons. The molecule has 3 N–H and O–H groups in total. The van der Waals surface area contributed by atoms with Gasteiger partial charge in [0.1, 0.15) is 5.56 Å². The van der Waals surface area contributed by atoms with E-state index in [-0.39, 0.29) is 29.2 Å². The van der Waals surface area contributed by atoms with Crippen molar-refractivity contribution < 1.29 is 18.1 Å². The summed E-state index contributed by atoms with van der Waals surface area (Å²) >= 11 is 0. The standard InChI is InChI=1S/C12H15N3O5S/c13-8-3-4-11(15(17)18)10(6-8)12(16)14-7-9-2-1-5-21(9,19)20/h3-4,6,9H,1-2,5,7,13H2,(H,14,16). The number of carbonyl (C=O) groups is 1. The highest BCUT2D eigenvalue weighted by molar-refractivity contribution is 7.92. The van der Waals surface area contributed by atoms with Gasteiger partial charge in [0, 0.05) is 18.3 Å². The van der Waals surface area contributed by atoms with Crippen LogP contribution >= 0.6 is 0 Å². The maximum Gasteiger partial charge on any atom is 0.282 e. The molecule has 1 aliphatic heterocycles. The number of benzene rings is 1. The molecule has 0 aromatic heterocycles. The summed E-state index contributed by atoms with van der Waals surface area (Å²) in [5.74, 6) is -0.581. The molecule has 0 aliphatic carbocycles. The first-order valence-corrected chi connectivity index (χ1v) is 8.06. The average molecular weight is 313 g/mol. The fourth-order valence-corrected chi connectivity index (χ4v) is 4.05. The Kier molecular flexibility index (Phi) is 4.12. The van der Waals surface area contributed by atoms with E-state index in [1.54, 1.807) is 0 Å². The van der Waals surface area contributed by atoms with E-state index in [0.29, 0.717) is 12.8 Å². The van der Waals surface area contributed by atoms with Crippen molar-refractivity contribution in [2.75, 3.05) is 18.0 Å². The van der Waals surface area contributed by atoms with Crippen LogP contribution in [0.25, 0.3) is 0 Å². The van der Waals surface area contributed by atoms with Gasteiger partial charge in [-0.3, -0.25) is 14.9 Å². The molecule has 1 aromatic carbocycles. The summed E-state index contributed by atoms with van der Waals surface area (Å²) in [7, 11) is -3.17. The normalized spacial score (nSPS) is 20.1. The highest BCUT2D eigenvalue weighted by Crippen LogP contribution is 2.22. The van der Waals surface area contributed by atoms with Crippen molar-refractivity contribution in [2.45, 2.75) is 18.1 Å². The van der Waals surface area contributed by atoms with Gasteiger partial charge in [0.05, 0.1) is 15.9 Å². The predicted molar refractivity (Wildman–Crippen MR) is 76.7 cm³/mol. The van der Waals surface area contributed by atoms with Crippen LogP contribution in [0.4, 0.5) is 11.4 Å². The Hall–Kier alpha value is -2.16. The highest BCUT2D eigenvalue weighted by atomic mass is 32.2. The summed E-state index contributed by atoms with van der Waals surface area (Å²) in [6, 6.07) is 3.68. The molecule has 114 valence electrons. The van der Waals surface area contributed by atoms with Crippen molar-refractivity contribution in [1.82, 2.24) is 5.32 Å². The molecule has 1 heterocycles. The number of nitrogen functional groups attached to an aromatic ring is 1. The van der Waals surface area contributed by atoms with Crippen LogP contribution in [0.3, 0.4) is 0 Å². The first-order chi connectivity index (χ1) is 9.81. The van der Waals surface area contributed by atoms with Crippen molar-refractivity contribution in [3.63, 3.8) is 0 Å². The lowest BCUT2D eigenvalue weighted by Gasteiger charge is -2.11. The number of nitro benzene ring substituents is 1. The number of nitrogens with one attached hydrogen (secondary N) is 1. The third-order valence-electron chi connectivity index (χ3n) is 3.42. The minimum Gasteiger partial charge on any atom is -0.399 e. The largest absolute Gasteiger partial charge is 0.399 e. The molecular formula is C12H15N3O5S. The van der Waals surface area contributed by atoms with Gasteiger partial charge in [-0.25, -0.2) is 8.42 Å². The zero-order chi connectivity index (χ0) is 15.6. The van der Waals surface area contributed by atoms with E-state index in [4.69, 9.17) is 5.73 Å². The molecule has 1 unspecified atom stereocenters. The zero-order valence-electron chi connectivity index (χ0n) is 11.1.